The van der Waals surface area contributed by atoms with Gasteiger partial charge in [-0.15, -0.1) is 0 Å². The maximum atomic E-state index is 14.4. The van der Waals surface area contributed by atoms with Crippen LogP contribution in [-0.2, 0) is 52.8 Å². The monoisotopic (exact) mass is 798 g/mol. The summed E-state index contributed by atoms with van der Waals surface area (Å²) >= 11 is 0. The Balaban J connectivity index is 1.64. The zero-order valence-corrected chi connectivity index (χ0v) is 33.1. The Morgan fingerprint density at radius 2 is 1.38 bits per heavy atom. The van der Waals surface area contributed by atoms with E-state index in [0.717, 1.165) is 16.0 Å². The SMILES string of the molecule is CN[C@H](Cc1ccc(O)cc1)C(=O)N[C@H]1CCCCNC(=O)C[C@@H](C(N)=O)NC(=O)[C@H](Cc2ccccc2)N(C)C(=O)CNC(=O)[C@H](Cc2ccccc2)N(C)C1=O. The van der Waals surface area contributed by atoms with Gasteiger partial charge in [0.1, 0.15) is 29.9 Å². The number of rotatable bonds is 10. The van der Waals surface area contributed by atoms with Crippen LogP contribution in [0.2, 0.25) is 0 Å². The second-order valence-corrected chi connectivity index (χ2v) is 14.4. The third kappa shape index (κ3) is 13.1. The predicted molar refractivity (Wildman–Crippen MR) is 216 cm³/mol. The molecule has 3 aromatic carbocycles. The van der Waals surface area contributed by atoms with E-state index in [9.17, 15) is 38.7 Å². The predicted octanol–water partition coefficient (Wildman–Crippen LogP) is -0.0766. The van der Waals surface area contributed by atoms with E-state index in [-0.39, 0.29) is 38.0 Å². The third-order valence-corrected chi connectivity index (χ3v) is 10.2. The van der Waals surface area contributed by atoms with Crippen LogP contribution in [0.4, 0.5) is 0 Å². The molecule has 4 rings (SSSR count). The van der Waals surface area contributed by atoms with E-state index in [1.54, 1.807) is 61.6 Å². The second kappa shape index (κ2) is 21.9. The summed E-state index contributed by atoms with van der Waals surface area (Å²) in [5.74, 6) is -4.43. The molecular weight excluding hydrogens is 745 g/mol. The van der Waals surface area contributed by atoms with E-state index in [1.165, 1.54) is 31.1 Å². The number of carbonyl (C=O) groups excluding carboxylic acids is 7. The van der Waals surface area contributed by atoms with Crippen molar-refractivity contribution in [1.82, 2.24) is 36.4 Å². The summed E-state index contributed by atoms with van der Waals surface area (Å²) in [6.45, 7) is -0.389. The lowest BCUT2D eigenvalue weighted by Crippen LogP contribution is -2.58. The van der Waals surface area contributed by atoms with E-state index < -0.39 is 84.5 Å². The molecule has 0 saturated carbocycles. The van der Waals surface area contributed by atoms with Gasteiger partial charge in [0.2, 0.25) is 41.4 Å². The van der Waals surface area contributed by atoms with Crippen molar-refractivity contribution in [2.75, 3.05) is 34.2 Å². The number of nitrogens with one attached hydrogen (secondary N) is 5. The van der Waals surface area contributed by atoms with Gasteiger partial charge in [-0.3, -0.25) is 33.6 Å². The fourth-order valence-corrected chi connectivity index (χ4v) is 6.64. The van der Waals surface area contributed by atoms with E-state index in [0.29, 0.717) is 18.4 Å². The summed E-state index contributed by atoms with van der Waals surface area (Å²) in [7, 11) is 4.48. The fourth-order valence-electron chi connectivity index (χ4n) is 6.64. The molecule has 310 valence electrons. The number of nitrogens with two attached hydrogens (primary N) is 1. The van der Waals surface area contributed by atoms with Crippen LogP contribution in [0, 0.1) is 0 Å². The quantitative estimate of drug-likeness (QED) is 0.145. The topological polar surface area (TPSA) is 232 Å². The van der Waals surface area contributed by atoms with Gasteiger partial charge in [-0.25, -0.2) is 0 Å². The summed E-state index contributed by atoms with van der Waals surface area (Å²) in [6, 6.07) is 18.8. The van der Waals surface area contributed by atoms with Crippen LogP contribution >= 0.6 is 0 Å². The number of phenols is 1. The fraction of sp³-hybridized carbons (Fsp3) is 0.405. The molecular formula is C42H54N8O8. The van der Waals surface area contributed by atoms with Gasteiger partial charge in [0, 0.05) is 33.5 Å². The molecule has 16 nitrogen and oxygen atoms in total. The molecule has 0 bridgehead atoms. The first kappa shape index (κ1) is 44.4. The zero-order valence-electron chi connectivity index (χ0n) is 33.1. The highest BCUT2D eigenvalue weighted by atomic mass is 16.3. The minimum Gasteiger partial charge on any atom is -0.508 e. The van der Waals surface area contributed by atoms with Crippen LogP contribution in [-0.4, -0.2) is 121 Å². The second-order valence-electron chi connectivity index (χ2n) is 14.4. The Morgan fingerprint density at radius 1 is 0.793 bits per heavy atom. The van der Waals surface area contributed by atoms with Gasteiger partial charge in [-0.05, 0) is 61.6 Å². The number of amides is 7. The Morgan fingerprint density at radius 3 is 1.95 bits per heavy atom. The number of carbonyl (C=O) groups is 7. The molecule has 7 amide bonds. The smallest absolute Gasteiger partial charge is 0.245 e. The maximum absolute atomic E-state index is 14.4. The lowest BCUT2D eigenvalue weighted by atomic mass is 10.0. The number of benzene rings is 3. The largest absolute Gasteiger partial charge is 0.508 e. The number of aromatic hydroxyl groups is 1. The van der Waals surface area contributed by atoms with Gasteiger partial charge in [0.05, 0.1) is 19.0 Å². The Labute approximate surface area is 338 Å². The van der Waals surface area contributed by atoms with Crippen LogP contribution in [0.1, 0.15) is 42.4 Å². The van der Waals surface area contributed by atoms with Gasteiger partial charge < -0.3 is 47.2 Å². The Kier molecular flexibility index (Phi) is 16.7. The first-order chi connectivity index (χ1) is 27.8. The van der Waals surface area contributed by atoms with Gasteiger partial charge in [0.15, 0.2) is 0 Å². The number of nitrogens with zero attached hydrogens (tertiary/aromatic N) is 2. The van der Waals surface area contributed by atoms with Crippen molar-refractivity contribution in [2.45, 2.75) is 75.2 Å². The van der Waals surface area contributed by atoms with Crippen LogP contribution in [0.15, 0.2) is 84.9 Å². The van der Waals surface area contributed by atoms with E-state index in [4.69, 9.17) is 5.73 Å². The summed E-state index contributed by atoms with van der Waals surface area (Å²) < 4.78 is 0. The van der Waals surface area contributed by atoms with Crippen molar-refractivity contribution in [2.24, 2.45) is 5.73 Å². The lowest BCUT2D eigenvalue weighted by molar-refractivity contribution is -0.143. The summed E-state index contributed by atoms with van der Waals surface area (Å²) in [4.78, 5) is 97.4. The van der Waals surface area contributed by atoms with Crippen molar-refractivity contribution >= 4 is 41.4 Å². The van der Waals surface area contributed by atoms with E-state index in [1.807, 2.05) is 18.2 Å². The number of hydrogen-bond acceptors (Lipinski definition) is 9. The van der Waals surface area contributed by atoms with Crippen LogP contribution in [0.5, 0.6) is 5.75 Å². The number of likely N-dealkylation sites (N-methyl/N-ethyl adjacent to an activating group) is 3. The molecule has 0 aliphatic carbocycles. The Hall–Kier alpha value is -6.29. The van der Waals surface area contributed by atoms with Crippen LogP contribution < -0.4 is 32.3 Å². The molecule has 5 atom stereocenters. The molecule has 1 heterocycles. The molecule has 1 aliphatic rings. The molecule has 0 radical (unpaired) electrons. The molecule has 0 unspecified atom stereocenters. The van der Waals surface area contributed by atoms with Crippen molar-refractivity contribution in [3.8, 4) is 5.75 Å². The van der Waals surface area contributed by atoms with Gasteiger partial charge in [-0.2, -0.15) is 0 Å². The molecule has 58 heavy (non-hydrogen) atoms. The maximum Gasteiger partial charge on any atom is 0.245 e. The minimum absolute atomic E-state index is 0.0465. The summed E-state index contributed by atoms with van der Waals surface area (Å²) in [5, 5.41) is 23.5. The zero-order chi connectivity index (χ0) is 42.2. The summed E-state index contributed by atoms with van der Waals surface area (Å²) in [5.41, 5.74) is 7.82. The van der Waals surface area contributed by atoms with Crippen LogP contribution in [0.25, 0.3) is 0 Å². The first-order valence-electron chi connectivity index (χ1n) is 19.3. The number of primary amides is 1. The van der Waals surface area contributed by atoms with Gasteiger partial charge in [0.25, 0.3) is 0 Å². The van der Waals surface area contributed by atoms with Gasteiger partial charge in [-0.1, -0.05) is 72.8 Å². The van der Waals surface area contributed by atoms with Crippen molar-refractivity contribution in [3.05, 3.63) is 102 Å². The van der Waals surface area contributed by atoms with Crippen molar-refractivity contribution in [3.63, 3.8) is 0 Å². The molecule has 0 spiro atoms. The standard InChI is InChI=1S/C42H54N8O8/c1-44-33(22-29-17-19-30(51)20-18-29)39(55)47-31-16-10-11-21-45-36(52)25-32(38(43)54)48-41(57)35(24-28-14-8-5-9-15-28)49(2)37(53)26-46-40(56)34(50(3)42(31)58)23-27-12-6-4-7-13-27/h4-9,12-15,17-20,31-35,44,51H,10-11,16,21-26H2,1-3H3,(H2,43,54)(H,45,52)(H,46,56)(H,47,55)(H,48,57)/t31-,32-,33+,34-,35-/m0/s1. The third-order valence-electron chi connectivity index (χ3n) is 10.2. The molecule has 1 fully saturated rings. The van der Waals surface area contributed by atoms with Crippen molar-refractivity contribution < 1.29 is 38.7 Å². The molecule has 8 N–H and O–H groups in total. The van der Waals surface area contributed by atoms with E-state index in [2.05, 4.69) is 26.6 Å². The normalized spacial score (nSPS) is 21.3. The Bertz CT molecular complexity index is 1880. The van der Waals surface area contributed by atoms with Gasteiger partial charge >= 0.3 is 0 Å². The lowest BCUT2D eigenvalue weighted by Gasteiger charge is -2.32. The highest BCUT2D eigenvalue weighted by Gasteiger charge is 2.35. The average molecular weight is 799 g/mol. The number of hydrogen-bond donors (Lipinski definition) is 7. The highest BCUT2D eigenvalue weighted by Crippen LogP contribution is 2.16. The van der Waals surface area contributed by atoms with E-state index >= 15 is 0 Å². The molecule has 16 heteroatoms. The van der Waals surface area contributed by atoms with Crippen LogP contribution in [0.3, 0.4) is 0 Å². The number of phenolic OH excluding ortho intramolecular Hbond substituents is 1. The molecule has 0 aromatic heterocycles. The molecule has 1 saturated heterocycles. The molecule has 3 aromatic rings. The average Bonchev–Trinajstić information content (AvgIpc) is 3.22. The minimum atomic E-state index is -1.38. The highest BCUT2D eigenvalue weighted by molar-refractivity contribution is 5.96. The first-order valence-corrected chi connectivity index (χ1v) is 19.3. The van der Waals surface area contributed by atoms with Crippen molar-refractivity contribution in [1.29, 1.82) is 0 Å². The molecule has 1 aliphatic heterocycles. The summed E-state index contributed by atoms with van der Waals surface area (Å²) in [6.07, 6.45) is 0.818.